The van der Waals surface area contributed by atoms with Gasteiger partial charge in [-0.2, -0.15) is 9.30 Å². The first-order valence-electron chi connectivity index (χ1n) is 11.2. The summed E-state index contributed by atoms with van der Waals surface area (Å²) in [4.78, 5) is 17.8. The molecule has 0 spiro atoms. The van der Waals surface area contributed by atoms with Crippen LogP contribution in [0.15, 0.2) is 52.4 Å². The molecule has 34 heavy (non-hydrogen) atoms. The molecule has 1 atom stereocenters. The predicted molar refractivity (Wildman–Crippen MR) is 133 cm³/mol. The molecule has 1 amide bonds. The zero-order chi connectivity index (χ0) is 24.3. The Balaban J connectivity index is 1.60. The number of carbonyl (C=O) groups is 1. The number of benzene rings is 2. The average molecular weight is 498 g/mol. The number of thiazole rings is 1. The average Bonchev–Trinajstić information content (AvgIpc) is 3.46. The number of carbonyl (C=O) groups excluding carboxylic acids is 1. The molecule has 3 aromatic rings. The lowest BCUT2D eigenvalue weighted by atomic mass is 10.2. The number of fused-ring (bicyclic) bond motifs is 1. The summed E-state index contributed by atoms with van der Waals surface area (Å²) in [6.45, 7) is 3.36. The summed E-state index contributed by atoms with van der Waals surface area (Å²) in [5.41, 5.74) is 2.43. The van der Waals surface area contributed by atoms with Crippen molar-refractivity contribution in [3.63, 3.8) is 0 Å². The smallest absolute Gasteiger partial charge is 0.279 e. The molecular formula is C25H27N3O4S2. The SMILES string of the molecule is C#CCn1c(=NC(=O)c2ccc(S(=O)(=O)N(C)CC3CCCO3)cc2)sc2cc(CC)ccc21. The fraction of sp³-hybridized carbons (Fsp3) is 0.360. The van der Waals surface area contributed by atoms with Crippen LogP contribution < -0.4 is 4.80 Å². The van der Waals surface area contributed by atoms with Crippen LogP contribution in [0.25, 0.3) is 10.2 Å². The Morgan fingerprint density at radius 3 is 2.71 bits per heavy atom. The normalized spacial score (nSPS) is 16.9. The molecule has 1 fully saturated rings. The van der Waals surface area contributed by atoms with Crippen molar-refractivity contribution in [2.75, 3.05) is 20.2 Å². The highest BCUT2D eigenvalue weighted by Crippen LogP contribution is 2.21. The maximum absolute atomic E-state index is 12.9. The van der Waals surface area contributed by atoms with Gasteiger partial charge in [0.25, 0.3) is 5.91 Å². The number of hydrogen-bond donors (Lipinski definition) is 0. The first-order chi connectivity index (χ1) is 16.3. The van der Waals surface area contributed by atoms with Crippen LogP contribution in [-0.2, 0) is 27.7 Å². The van der Waals surface area contributed by atoms with Crippen molar-refractivity contribution in [2.24, 2.45) is 4.99 Å². The van der Waals surface area contributed by atoms with E-state index in [0.29, 0.717) is 30.1 Å². The van der Waals surface area contributed by atoms with Crippen molar-refractivity contribution in [2.45, 2.75) is 43.7 Å². The van der Waals surface area contributed by atoms with Gasteiger partial charge in [0.05, 0.1) is 27.8 Å². The number of terminal acetylenes is 1. The number of nitrogens with zero attached hydrogens (tertiary/aromatic N) is 3. The maximum atomic E-state index is 12.9. The largest absolute Gasteiger partial charge is 0.377 e. The third-order valence-corrected chi connectivity index (χ3v) is 8.77. The first-order valence-corrected chi connectivity index (χ1v) is 13.4. The van der Waals surface area contributed by atoms with E-state index in [2.05, 4.69) is 23.9 Å². The van der Waals surface area contributed by atoms with Crippen LogP contribution in [0.3, 0.4) is 0 Å². The molecule has 1 aliphatic rings. The quantitative estimate of drug-likeness (QED) is 0.469. The van der Waals surface area contributed by atoms with E-state index in [4.69, 9.17) is 11.2 Å². The van der Waals surface area contributed by atoms with Gasteiger partial charge in [-0.1, -0.05) is 30.2 Å². The Labute approximate surface area is 203 Å². The Morgan fingerprint density at radius 1 is 1.29 bits per heavy atom. The second-order valence-electron chi connectivity index (χ2n) is 8.19. The van der Waals surface area contributed by atoms with E-state index in [-0.39, 0.29) is 11.0 Å². The summed E-state index contributed by atoms with van der Waals surface area (Å²) in [5, 5.41) is 0. The highest BCUT2D eigenvalue weighted by atomic mass is 32.2. The van der Waals surface area contributed by atoms with Crippen molar-refractivity contribution in [3.8, 4) is 12.3 Å². The van der Waals surface area contributed by atoms with Gasteiger partial charge in [-0.15, -0.1) is 6.42 Å². The van der Waals surface area contributed by atoms with E-state index in [1.165, 1.54) is 45.5 Å². The van der Waals surface area contributed by atoms with Crippen LogP contribution in [0.4, 0.5) is 0 Å². The molecule has 2 aromatic carbocycles. The molecule has 1 aromatic heterocycles. The van der Waals surface area contributed by atoms with Crippen LogP contribution in [0.5, 0.6) is 0 Å². The monoisotopic (exact) mass is 497 g/mol. The molecule has 0 saturated carbocycles. The number of sulfonamides is 1. The summed E-state index contributed by atoms with van der Waals surface area (Å²) in [6.07, 6.45) is 8.18. The van der Waals surface area contributed by atoms with Gasteiger partial charge < -0.3 is 9.30 Å². The van der Waals surface area contributed by atoms with Gasteiger partial charge in [0.2, 0.25) is 10.0 Å². The lowest BCUT2D eigenvalue weighted by molar-refractivity contribution is 0.0979. The minimum atomic E-state index is -3.68. The van der Waals surface area contributed by atoms with Gasteiger partial charge in [-0.3, -0.25) is 4.79 Å². The number of hydrogen-bond acceptors (Lipinski definition) is 5. The van der Waals surface area contributed by atoms with Crippen molar-refractivity contribution in [1.29, 1.82) is 0 Å². The summed E-state index contributed by atoms with van der Waals surface area (Å²) >= 11 is 1.41. The van der Waals surface area contributed by atoms with Gasteiger partial charge in [0, 0.05) is 25.8 Å². The molecule has 4 rings (SSSR count). The molecule has 178 valence electrons. The van der Waals surface area contributed by atoms with Crippen molar-refractivity contribution >= 4 is 37.5 Å². The van der Waals surface area contributed by atoms with Crippen LogP contribution >= 0.6 is 11.3 Å². The highest BCUT2D eigenvalue weighted by molar-refractivity contribution is 7.89. The van der Waals surface area contributed by atoms with Crippen LogP contribution in [0.1, 0.15) is 35.7 Å². The van der Waals surface area contributed by atoms with E-state index in [1.54, 1.807) is 7.05 Å². The predicted octanol–water partition coefficient (Wildman–Crippen LogP) is 3.44. The standard InChI is InChI=1S/C25H27N3O4S2/c1-4-14-28-22-13-8-18(5-2)16-23(22)33-25(28)26-24(29)19-9-11-21(12-10-19)34(30,31)27(3)17-20-7-6-15-32-20/h1,8-13,16,20H,5-7,14-15,17H2,2-3H3. The van der Waals surface area contributed by atoms with E-state index in [0.717, 1.165) is 29.5 Å². The second kappa shape index (κ2) is 10.2. The summed E-state index contributed by atoms with van der Waals surface area (Å²) in [7, 11) is -2.14. The summed E-state index contributed by atoms with van der Waals surface area (Å²) < 4.78 is 35.5. The Bertz CT molecular complexity index is 1410. The molecule has 9 heteroatoms. The molecule has 0 radical (unpaired) electrons. The fourth-order valence-corrected chi connectivity index (χ4v) is 6.23. The number of amides is 1. The summed E-state index contributed by atoms with van der Waals surface area (Å²) in [5.74, 6) is 2.17. The Hall–Kier alpha value is -2.77. The van der Waals surface area contributed by atoms with E-state index >= 15 is 0 Å². The van der Waals surface area contributed by atoms with Crippen LogP contribution in [-0.4, -0.2) is 49.5 Å². The van der Waals surface area contributed by atoms with E-state index in [9.17, 15) is 13.2 Å². The molecular weight excluding hydrogens is 470 g/mol. The molecule has 1 unspecified atom stereocenters. The van der Waals surface area contributed by atoms with Gasteiger partial charge in [-0.05, 0) is 61.2 Å². The fourth-order valence-electron chi connectivity index (χ4n) is 3.94. The molecule has 1 saturated heterocycles. The minimum absolute atomic E-state index is 0.0798. The lowest BCUT2D eigenvalue weighted by Gasteiger charge is -2.20. The van der Waals surface area contributed by atoms with Crippen molar-refractivity contribution in [1.82, 2.24) is 8.87 Å². The van der Waals surface area contributed by atoms with Gasteiger partial charge in [0.15, 0.2) is 4.80 Å². The molecule has 0 N–H and O–H groups in total. The zero-order valence-corrected chi connectivity index (χ0v) is 20.9. The zero-order valence-electron chi connectivity index (χ0n) is 19.2. The number of aromatic nitrogens is 1. The number of likely N-dealkylation sites (N-methyl/N-ethyl adjacent to an activating group) is 1. The van der Waals surface area contributed by atoms with Crippen molar-refractivity contribution < 1.29 is 17.9 Å². The third-order valence-electron chi connectivity index (χ3n) is 5.90. The number of ether oxygens (including phenoxy) is 1. The number of rotatable bonds is 7. The van der Waals surface area contributed by atoms with Crippen LogP contribution in [0, 0.1) is 12.3 Å². The van der Waals surface area contributed by atoms with E-state index < -0.39 is 15.9 Å². The minimum Gasteiger partial charge on any atom is -0.377 e. The molecule has 7 nitrogen and oxygen atoms in total. The Morgan fingerprint density at radius 2 is 2.06 bits per heavy atom. The molecule has 0 bridgehead atoms. The second-order valence-corrected chi connectivity index (χ2v) is 11.2. The van der Waals surface area contributed by atoms with Crippen molar-refractivity contribution in [3.05, 3.63) is 58.4 Å². The molecule has 1 aliphatic heterocycles. The van der Waals surface area contributed by atoms with Gasteiger partial charge in [-0.25, -0.2) is 8.42 Å². The third kappa shape index (κ3) is 5.00. The van der Waals surface area contributed by atoms with Crippen LogP contribution in [0.2, 0.25) is 0 Å². The van der Waals surface area contributed by atoms with Gasteiger partial charge in [0.1, 0.15) is 0 Å². The topological polar surface area (TPSA) is 81.0 Å². The Kier molecular flexibility index (Phi) is 7.33. The lowest BCUT2D eigenvalue weighted by Crippen LogP contribution is -2.34. The van der Waals surface area contributed by atoms with Gasteiger partial charge >= 0.3 is 0 Å². The van der Waals surface area contributed by atoms with E-state index in [1.807, 2.05) is 16.7 Å². The molecule has 2 heterocycles. The highest BCUT2D eigenvalue weighted by Gasteiger charge is 2.26. The summed E-state index contributed by atoms with van der Waals surface area (Å²) in [6, 6.07) is 12.0. The maximum Gasteiger partial charge on any atom is 0.279 e. The first kappa shape index (κ1) is 24.4. The number of aryl methyl sites for hydroxylation is 1. The molecule has 0 aliphatic carbocycles.